The Morgan fingerprint density at radius 2 is 1.70 bits per heavy atom. The third-order valence-corrected chi connectivity index (χ3v) is 3.40. The van der Waals surface area contributed by atoms with E-state index in [1.165, 1.54) is 0 Å². The largest absolute Gasteiger partial charge is 0.318 e. The van der Waals surface area contributed by atoms with Gasteiger partial charge in [0.1, 0.15) is 5.82 Å². The van der Waals surface area contributed by atoms with E-state index < -0.39 is 0 Å². The van der Waals surface area contributed by atoms with Gasteiger partial charge in [-0.1, -0.05) is 54.1 Å². The Labute approximate surface area is 121 Å². The Kier molecular flexibility index (Phi) is 3.50. The minimum Gasteiger partial charge on any atom is -0.318 e. The maximum atomic E-state index is 6.18. The lowest BCUT2D eigenvalue weighted by Crippen LogP contribution is -2.13. The second-order valence-corrected chi connectivity index (χ2v) is 4.82. The lowest BCUT2D eigenvalue weighted by Gasteiger charge is -2.07. The number of nitrogens with one attached hydrogen (secondary N) is 1. The molecule has 0 unspecified atom stereocenters. The topological polar surface area (TPSA) is 67.6 Å². The fourth-order valence-corrected chi connectivity index (χ4v) is 2.21. The highest BCUT2D eigenvalue weighted by Crippen LogP contribution is 2.25. The zero-order valence-corrected chi connectivity index (χ0v) is 11.4. The highest BCUT2D eigenvalue weighted by atomic mass is 35.5. The SMILES string of the molecule is N[C@H](c1ccccc1)c1nc(-c2ccccc2Cl)n[nH]1. The maximum absolute atomic E-state index is 6.18. The van der Waals surface area contributed by atoms with Crippen LogP contribution in [0.2, 0.25) is 5.02 Å². The molecule has 1 heterocycles. The fourth-order valence-electron chi connectivity index (χ4n) is 1.99. The Morgan fingerprint density at radius 1 is 1.00 bits per heavy atom. The Bertz CT molecular complexity index is 709. The molecule has 4 nitrogen and oxygen atoms in total. The van der Waals surface area contributed by atoms with Gasteiger partial charge in [0.05, 0.1) is 11.1 Å². The average Bonchev–Trinajstić information content (AvgIpc) is 2.97. The van der Waals surface area contributed by atoms with Gasteiger partial charge in [-0.15, -0.1) is 0 Å². The normalized spacial score (nSPS) is 12.3. The van der Waals surface area contributed by atoms with Gasteiger partial charge in [-0.2, -0.15) is 5.10 Å². The molecule has 0 amide bonds. The molecule has 0 aliphatic rings. The smallest absolute Gasteiger partial charge is 0.182 e. The van der Waals surface area contributed by atoms with Gasteiger partial charge in [0, 0.05) is 5.56 Å². The second kappa shape index (κ2) is 5.45. The summed E-state index contributed by atoms with van der Waals surface area (Å²) in [5.74, 6) is 1.17. The minimum absolute atomic E-state index is 0.333. The summed E-state index contributed by atoms with van der Waals surface area (Å²) in [5.41, 5.74) is 7.95. The Hall–Kier alpha value is -2.17. The number of nitrogens with zero attached hydrogens (tertiary/aromatic N) is 2. The zero-order valence-electron chi connectivity index (χ0n) is 10.6. The number of nitrogens with two attached hydrogens (primary N) is 1. The van der Waals surface area contributed by atoms with E-state index in [0.29, 0.717) is 16.7 Å². The maximum Gasteiger partial charge on any atom is 0.182 e. The molecule has 100 valence electrons. The fraction of sp³-hybridized carbons (Fsp3) is 0.0667. The number of benzene rings is 2. The monoisotopic (exact) mass is 284 g/mol. The molecule has 1 atom stereocenters. The molecule has 3 aromatic rings. The highest BCUT2D eigenvalue weighted by Gasteiger charge is 2.15. The number of rotatable bonds is 3. The van der Waals surface area contributed by atoms with E-state index in [0.717, 1.165) is 11.1 Å². The zero-order chi connectivity index (χ0) is 13.9. The van der Waals surface area contributed by atoms with E-state index >= 15 is 0 Å². The molecule has 5 heteroatoms. The van der Waals surface area contributed by atoms with E-state index in [-0.39, 0.29) is 6.04 Å². The molecular formula is C15H13ClN4. The number of aromatic amines is 1. The number of hydrogen-bond donors (Lipinski definition) is 2. The van der Waals surface area contributed by atoms with E-state index in [2.05, 4.69) is 15.2 Å². The van der Waals surface area contributed by atoms with Crippen LogP contribution >= 0.6 is 11.6 Å². The molecule has 0 fully saturated rings. The van der Waals surface area contributed by atoms with Crippen molar-refractivity contribution in [3.8, 4) is 11.4 Å². The van der Waals surface area contributed by atoms with Crippen LogP contribution in [0.15, 0.2) is 54.6 Å². The molecule has 0 radical (unpaired) electrons. The molecule has 0 aliphatic heterocycles. The number of halogens is 1. The van der Waals surface area contributed by atoms with Gasteiger partial charge < -0.3 is 5.73 Å². The van der Waals surface area contributed by atoms with Crippen LogP contribution < -0.4 is 5.73 Å². The van der Waals surface area contributed by atoms with Crippen molar-refractivity contribution in [2.75, 3.05) is 0 Å². The molecule has 0 saturated heterocycles. The molecule has 3 rings (SSSR count). The molecule has 3 N–H and O–H groups in total. The Balaban J connectivity index is 1.93. The van der Waals surface area contributed by atoms with Gasteiger partial charge in [-0.3, -0.25) is 5.10 Å². The number of hydrogen-bond acceptors (Lipinski definition) is 3. The molecule has 0 bridgehead atoms. The van der Waals surface area contributed by atoms with Crippen LogP contribution in [0.1, 0.15) is 17.4 Å². The third-order valence-electron chi connectivity index (χ3n) is 3.07. The molecule has 1 aromatic heterocycles. The van der Waals surface area contributed by atoms with Gasteiger partial charge in [0.2, 0.25) is 0 Å². The van der Waals surface area contributed by atoms with Crippen LogP contribution in [-0.2, 0) is 0 Å². The highest BCUT2D eigenvalue weighted by molar-refractivity contribution is 6.33. The molecule has 20 heavy (non-hydrogen) atoms. The van der Waals surface area contributed by atoms with Gasteiger partial charge in [-0.25, -0.2) is 4.98 Å². The van der Waals surface area contributed by atoms with Crippen molar-refractivity contribution in [1.82, 2.24) is 15.2 Å². The molecule has 2 aromatic carbocycles. The van der Waals surface area contributed by atoms with Crippen LogP contribution in [-0.4, -0.2) is 15.2 Å². The van der Waals surface area contributed by atoms with Gasteiger partial charge in [-0.05, 0) is 17.7 Å². The summed E-state index contributed by atoms with van der Waals surface area (Å²) in [6.07, 6.45) is 0. The van der Waals surface area contributed by atoms with Crippen molar-refractivity contribution in [3.63, 3.8) is 0 Å². The lowest BCUT2D eigenvalue weighted by molar-refractivity contribution is 0.787. The van der Waals surface area contributed by atoms with Gasteiger partial charge in [0.15, 0.2) is 5.82 Å². The Morgan fingerprint density at radius 3 is 2.45 bits per heavy atom. The van der Waals surface area contributed by atoms with Crippen molar-refractivity contribution < 1.29 is 0 Å². The first-order valence-electron chi connectivity index (χ1n) is 6.23. The van der Waals surface area contributed by atoms with E-state index in [1.807, 2.05) is 54.6 Å². The summed E-state index contributed by atoms with van der Waals surface area (Å²) in [6.45, 7) is 0. The summed E-state index contributed by atoms with van der Waals surface area (Å²) >= 11 is 6.14. The quantitative estimate of drug-likeness (QED) is 0.776. The summed E-state index contributed by atoms with van der Waals surface area (Å²) in [4.78, 5) is 4.44. The molecular weight excluding hydrogens is 272 g/mol. The lowest BCUT2D eigenvalue weighted by atomic mass is 10.1. The number of aromatic nitrogens is 3. The molecule has 0 aliphatic carbocycles. The third kappa shape index (κ3) is 2.43. The average molecular weight is 285 g/mol. The first kappa shape index (κ1) is 12.8. The van der Waals surface area contributed by atoms with E-state index in [9.17, 15) is 0 Å². The van der Waals surface area contributed by atoms with Gasteiger partial charge >= 0.3 is 0 Å². The summed E-state index contributed by atoms with van der Waals surface area (Å²) in [7, 11) is 0. The van der Waals surface area contributed by atoms with E-state index in [1.54, 1.807) is 0 Å². The van der Waals surface area contributed by atoms with Crippen molar-refractivity contribution in [1.29, 1.82) is 0 Å². The second-order valence-electron chi connectivity index (χ2n) is 4.41. The van der Waals surface area contributed by atoms with E-state index in [4.69, 9.17) is 17.3 Å². The first-order chi connectivity index (χ1) is 9.75. The number of H-pyrrole nitrogens is 1. The van der Waals surface area contributed by atoms with Crippen LogP contribution in [0.4, 0.5) is 0 Å². The van der Waals surface area contributed by atoms with Gasteiger partial charge in [0.25, 0.3) is 0 Å². The standard InChI is InChI=1S/C15H13ClN4/c16-12-9-5-4-8-11(12)14-18-15(20-19-14)13(17)10-6-2-1-3-7-10/h1-9,13H,17H2,(H,18,19,20)/t13-/m1/s1. The van der Waals surface area contributed by atoms with Crippen molar-refractivity contribution in [2.24, 2.45) is 5.73 Å². The first-order valence-corrected chi connectivity index (χ1v) is 6.61. The molecule has 0 spiro atoms. The van der Waals surface area contributed by atoms with Crippen LogP contribution in [0, 0.1) is 0 Å². The van der Waals surface area contributed by atoms with Crippen molar-refractivity contribution >= 4 is 11.6 Å². The molecule has 0 saturated carbocycles. The van der Waals surface area contributed by atoms with Crippen molar-refractivity contribution in [3.05, 3.63) is 71.0 Å². The summed E-state index contributed by atoms with van der Waals surface area (Å²) in [5, 5.41) is 7.70. The minimum atomic E-state index is -0.333. The van der Waals surface area contributed by atoms with Crippen LogP contribution in [0.5, 0.6) is 0 Å². The van der Waals surface area contributed by atoms with Crippen molar-refractivity contribution in [2.45, 2.75) is 6.04 Å². The summed E-state index contributed by atoms with van der Waals surface area (Å²) in [6, 6.07) is 16.9. The predicted octanol–water partition coefficient (Wildman–Crippen LogP) is 3.17. The van der Waals surface area contributed by atoms with Crippen LogP contribution in [0.3, 0.4) is 0 Å². The predicted molar refractivity (Wildman–Crippen MR) is 79.3 cm³/mol. The van der Waals surface area contributed by atoms with Crippen LogP contribution in [0.25, 0.3) is 11.4 Å². The summed E-state index contributed by atoms with van der Waals surface area (Å²) < 4.78 is 0.